The standard InChI is InChI=1S/C15H20F3NO2/c1-19-13(9-8-11-5-4-10-20-11)12-6-2-3-7-14(12)21-15(16,17)18/h2-3,6-7,11,13,19H,4-5,8-10H2,1H3. The summed E-state index contributed by atoms with van der Waals surface area (Å²) < 4.78 is 47.0. The van der Waals surface area contributed by atoms with Crippen molar-refractivity contribution in [3.8, 4) is 5.75 Å². The van der Waals surface area contributed by atoms with Crippen LogP contribution < -0.4 is 10.1 Å². The highest BCUT2D eigenvalue weighted by Crippen LogP contribution is 2.33. The monoisotopic (exact) mass is 303 g/mol. The van der Waals surface area contributed by atoms with E-state index in [1.807, 2.05) is 0 Å². The van der Waals surface area contributed by atoms with Crippen molar-refractivity contribution in [2.75, 3.05) is 13.7 Å². The molecular formula is C15H20F3NO2. The van der Waals surface area contributed by atoms with Crippen LogP contribution in [-0.4, -0.2) is 26.1 Å². The Morgan fingerprint density at radius 2 is 2.14 bits per heavy atom. The largest absolute Gasteiger partial charge is 0.573 e. The van der Waals surface area contributed by atoms with Crippen molar-refractivity contribution < 1.29 is 22.6 Å². The fourth-order valence-corrected chi connectivity index (χ4v) is 2.67. The minimum Gasteiger partial charge on any atom is -0.405 e. The van der Waals surface area contributed by atoms with E-state index in [0.717, 1.165) is 25.9 Å². The van der Waals surface area contributed by atoms with E-state index in [4.69, 9.17) is 4.74 Å². The van der Waals surface area contributed by atoms with Crippen molar-refractivity contribution in [3.63, 3.8) is 0 Å². The van der Waals surface area contributed by atoms with Gasteiger partial charge in [-0.2, -0.15) is 0 Å². The molecule has 0 spiro atoms. The summed E-state index contributed by atoms with van der Waals surface area (Å²) in [7, 11) is 1.74. The van der Waals surface area contributed by atoms with Crippen molar-refractivity contribution in [1.82, 2.24) is 5.32 Å². The van der Waals surface area contributed by atoms with Crippen LogP contribution in [0.3, 0.4) is 0 Å². The quantitative estimate of drug-likeness (QED) is 0.867. The van der Waals surface area contributed by atoms with E-state index < -0.39 is 6.36 Å². The minimum atomic E-state index is -4.68. The Labute approximate surface area is 122 Å². The zero-order valence-corrected chi connectivity index (χ0v) is 12.0. The molecule has 1 fully saturated rings. The van der Waals surface area contributed by atoms with Gasteiger partial charge >= 0.3 is 6.36 Å². The molecule has 1 aromatic rings. The minimum absolute atomic E-state index is 0.142. The lowest BCUT2D eigenvalue weighted by Gasteiger charge is -2.22. The van der Waals surface area contributed by atoms with Crippen molar-refractivity contribution in [1.29, 1.82) is 0 Å². The Hall–Kier alpha value is -1.27. The number of hydrogen-bond acceptors (Lipinski definition) is 3. The van der Waals surface area contributed by atoms with Crippen LogP contribution in [0.4, 0.5) is 13.2 Å². The maximum atomic E-state index is 12.5. The Balaban J connectivity index is 2.05. The molecular weight excluding hydrogens is 283 g/mol. The van der Waals surface area contributed by atoms with Gasteiger partial charge in [0.25, 0.3) is 0 Å². The summed E-state index contributed by atoms with van der Waals surface area (Å²) in [5.74, 6) is -0.142. The molecule has 1 saturated heterocycles. The van der Waals surface area contributed by atoms with Gasteiger partial charge in [-0.25, -0.2) is 0 Å². The summed E-state index contributed by atoms with van der Waals surface area (Å²) in [6.45, 7) is 0.780. The average Bonchev–Trinajstić information content (AvgIpc) is 2.92. The average molecular weight is 303 g/mol. The molecule has 1 N–H and O–H groups in total. The molecule has 0 radical (unpaired) electrons. The highest BCUT2D eigenvalue weighted by molar-refractivity contribution is 5.36. The molecule has 2 unspecified atom stereocenters. The number of nitrogens with one attached hydrogen (secondary N) is 1. The molecule has 2 rings (SSSR count). The summed E-state index contributed by atoms with van der Waals surface area (Å²) in [4.78, 5) is 0. The molecule has 1 aromatic carbocycles. The van der Waals surface area contributed by atoms with Gasteiger partial charge in [0.2, 0.25) is 0 Å². The van der Waals surface area contributed by atoms with Gasteiger partial charge in [-0.15, -0.1) is 13.2 Å². The number of hydrogen-bond donors (Lipinski definition) is 1. The fraction of sp³-hybridized carbons (Fsp3) is 0.600. The molecule has 118 valence electrons. The van der Waals surface area contributed by atoms with Gasteiger partial charge in [0, 0.05) is 18.2 Å². The molecule has 6 heteroatoms. The van der Waals surface area contributed by atoms with Crippen molar-refractivity contribution in [3.05, 3.63) is 29.8 Å². The van der Waals surface area contributed by atoms with Crippen molar-refractivity contribution >= 4 is 0 Å². The fourth-order valence-electron chi connectivity index (χ4n) is 2.67. The van der Waals surface area contributed by atoms with Crippen LogP contribution in [-0.2, 0) is 4.74 Å². The predicted octanol–water partition coefficient (Wildman–Crippen LogP) is 3.80. The summed E-state index contributed by atoms with van der Waals surface area (Å²) >= 11 is 0. The second kappa shape index (κ2) is 7.13. The van der Waals surface area contributed by atoms with E-state index in [-0.39, 0.29) is 17.9 Å². The number of alkyl halides is 3. The molecule has 1 heterocycles. The molecule has 1 aliphatic rings. The van der Waals surface area contributed by atoms with E-state index in [1.54, 1.807) is 19.2 Å². The number of benzene rings is 1. The number of ether oxygens (including phenoxy) is 2. The van der Waals surface area contributed by atoms with Crippen LogP contribution in [0.5, 0.6) is 5.75 Å². The Morgan fingerprint density at radius 3 is 2.76 bits per heavy atom. The van der Waals surface area contributed by atoms with Gasteiger partial charge in [-0.1, -0.05) is 18.2 Å². The maximum Gasteiger partial charge on any atom is 0.573 e. The molecule has 2 atom stereocenters. The first-order chi connectivity index (χ1) is 9.99. The van der Waals surface area contributed by atoms with Crippen LogP contribution in [0.15, 0.2) is 24.3 Å². The predicted molar refractivity (Wildman–Crippen MR) is 73.1 cm³/mol. The first-order valence-electron chi connectivity index (χ1n) is 7.13. The molecule has 0 bridgehead atoms. The molecule has 1 aliphatic heterocycles. The number of rotatable bonds is 6. The van der Waals surface area contributed by atoms with Crippen LogP contribution in [0.25, 0.3) is 0 Å². The van der Waals surface area contributed by atoms with Crippen molar-refractivity contribution in [2.24, 2.45) is 0 Å². The van der Waals surface area contributed by atoms with E-state index in [9.17, 15) is 13.2 Å². The highest BCUT2D eigenvalue weighted by atomic mass is 19.4. The highest BCUT2D eigenvalue weighted by Gasteiger charge is 2.32. The van der Waals surface area contributed by atoms with Gasteiger partial charge in [-0.3, -0.25) is 0 Å². The lowest BCUT2D eigenvalue weighted by Crippen LogP contribution is -2.22. The van der Waals surface area contributed by atoms with Gasteiger partial charge in [0.05, 0.1) is 6.10 Å². The Bertz CT molecular complexity index is 445. The normalized spacial score (nSPS) is 20.5. The van der Waals surface area contributed by atoms with E-state index in [1.165, 1.54) is 12.1 Å². The molecule has 0 amide bonds. The van der Waals surface area contributed by atoms with Gasteiger partial charge < -0.3 is 14.8 Å². The summed E-state index contributed by atoms with van der Waals surface area (Å²) in [5, 5.41) is 3.07. The van der Waals surface area contributed by atoms with Crippen LogP contribution in [0.2, 0.25) is 0 Å². The summed E-state index contributed by atoms with van der Waals surface area (Å²) in [5.41, 5.74) is 0.523. The second-order valence-corrected chi connectivity index (χ2v) is 5.14. The summed E-state index contributed by atoms with van der Waals surface area (Å²) in [6.07, 6.45) is -0.842. The smallest absolute Gasteiger partial charge is 0.405 e. The van der Waals surface area contributed by atoms with Crippen molar-refractivity contribution in [2.45, 2.75) is 44.2 Å². The Morgan fingerprint density at radius 1 is 1.38 bits per heavy atom. The summed E-state index contributed by atoms with van der Waals surface area (Å²) in [6, 6.07) is 6.08. The van der Waals surface area contributed by atoms with E-state index in [2.05, 4.69) is 10.1 Å². The molecule has 3 nitrogen and oxygen atoms in total. The molecule has 0 aromatic heterocycles. The first kappa shape index (κ1) is 16.1. The van der Waals surface area contributed by atoms with E-state index in [0.29, 0.717) is 12.0 Å². The first-order valence-corrected chi connectivity index (χ1v) is 7.13. The SMILES string of the molecule is CNC(CCC1CCCO1)c1ccccc1OC(F)(F)F. The number of para-hydroxylation sites is 1. The van der Waals surface area contributed by atoms with Gasteiger partial charge in [0.15, 0.2) is 0 Å². The zero-order valence-electron chi connectivity index (χ0n) is 12.0. The molecule has 0 saturated carbocycles. The van der Waals surface area contributed by atoms with Gasteiger partial charge in [0.1, 0.15) is 5.75 Å². The number of halogens is 3. The zero-order chi connectivity index (χ0) is 15.3. The Kier molecular flexibility index (Phi) is 5.47. The van der Waals surface area contributed by atoms with Crippen LogP contribution in [0, 0.1) is 0 Å². The third-order valence-electron chi connectivity index (χ3n) is 3.67. The van der Waals surface area contributed by atoms with E-state index >= 15 is 0 Å². The lowest BCUT2D eigenvalue weighted by atomic mass is 9.98. The second-order valence-electron chi connectivity index (χ2n) is 5.14. The lowest BCUT2D eigenvalue weighted by molar-refractivity contribution is -0.275. The van der Waals surface area contributed by atoms with Crippen LogP contribution in [0.1, 0.15) is 37.3 Å². The third kappa shape index (κ3) is 4.89. The molecule has 0 aliphatic carbocycles. The van der Waals surface area contributed by atoms with Gasteiger partial charge in [-0.05, 0) is 38.8 Å². The van der Waals surface area contributed by atoms with Crippen LogP contribution >= 0.6 is 0 Å². The molecule has 21 heavy (non-hydrogen) atoms. The topological polar surface area (TPSA) is 30.5 Å². The third-order valence-corrected chi connectivity index (χ3v) is 3.67. The maximum absolute atomic E-state index is 12.5.